The minimum absolute atomic E-state index is 0.187. The number of nitrogens with two attached hydrogens (primary N) is 1. The van der Waals surface area contributed by atoms with E-state index in [0.29, 0.717) is 5.92 Å². The van der Waals surface area contributed by atoms with Crippen molar-refractivity contribution in [3.63, 3.8) is 0 Å². The van der Waals surface area contributed by atoms with E-state index in [9.17, 15) is 4.39 Å². The van der Waals surface area contributed by atoms with Gasteiger partial charge in [0, 0.05) is 6.04 Å². The number of nitrogens with one attached hydrogen (secondary N) is 1. The Balaban J connectivity index is 2.58. The summed E-state index contributed by atoms with van der Waals surface area (Å²) in [4.78, 5) is 0. The zero-order valence-corrected chi connectivity index (χ0v) is 9.33. The molecule has 0 radical (unpaired) electrons. The summed E-state index contributed by atoms with van der Waals surface area (Å²) in [6.07, 6.45) is 1.76. The molecule has 2 nitrogen and oxygen atoms in total. The van der Waals surface area contributed by atoms with Gasteiger partial charge in [0.05, 0.1) is 0 Å². The SMILES string of the molecule is CC(C)CC(Cc1cccc(F)c1)NN. The van der Waals surface area contributed by atoms with Crippen molar-refractivity contribution in [2.24, 2.45) is 11.8 Å². The van der Waals surface area contributed by atoms with Gasteiger partial charge in [-0.3, -0.25) is 11.3 Å². The smallest absolute Gasteiger partial charge is 0.123 e. The number of halogens is 1. The molecule has 0 spiro atoms. The lowest BCUT2D eigenvalue weighted by Crippen LogP contribution is -2.37. The van der Waals surface area contributed by atoms with Crippen LogP contribution < -0.4 is 11.3 Å². The lowest BCUT2D eigenvalue weighted by molar-refractivity contribution is 0.422. The number of hydrogen-bond donors (Lipinski definition) is 2. The van der Waals surface area contributed by atoms with Crippen LogP contribution in [0.25, 0.3) is 0 Å². The predicted octanol–water partition coefficient (Wildman–Crippen LogP) is 2.25. The standard InChI is InChI=1S/C12H19FN2/c1-9(2)6-12(15-14)8-10-4-3-5-11(13)7-10/h3-5,7,9,12,15H,6,8,14H2,1-2H3. The first-order chi connectivity index (χ1) is 7.11. The van der Waals surface area contributed by atoms with E-state index in [4.69, 9.17) is 5.84 Å². The predicted molar refractivity (Wildman–Crippen MR) is 60.7 cm³/mol. The Labute approximate surface area is 90.6 Å². The summed E-state index contributed by atoms with van der Waals surface area (Å²) in [6, 6.07) is 6.88. The third kappa shape index (κ3) is 4.40. The summed E-state index contributed by atoms with van der Waals surface area (Å²) in [7, 11) is 0. The lowest BCUT2D eigenvalue weighted by Gasteiger charge is -2.17. The van der Waals surface area contributed by atoms with Crippen molar-refractivity contribution < 1.29 is 4.39 Å². The molecule has 0 aliphatic heterocycles. The fourth-order valence-corrected chi connectivity index (χ4v) is 1.73. The van der Waals surface area contributed by atoms with E-state index in [1.807, 2.05) is 6.07 Å². The van der Waals surface area contributed by atoms with Gasteiger partial charge in [-0.25, -0.2) is 4.39 Å². The van der Waals surface area contributed by atoms with Crippen LogP contribution in [0.1, 0.15) is 25.8 Å². The number of benzene rings is 1. The third-order valence-corrected chi connectivity index (χ3v) is 2.36. The molecule has 0 aromatic heterocycles. The van der Waals surface area contributed by atoms with Crippen LogP contribution in [0.3, 0.4) is 0 Å². The van der Waals surface area contributed by atoms with Crippen molar-refractivity contribution in [2.75, 3.05) is 0 Å². The first kappa shape index (κ1) is 12.1. The molecular formula is C12H19FN2. The van der Waals surface area contributed by atoms with Gasteiger partial charge in [0.2, 0.25) is 0 Å². The maximum Gasteiger partial charge on any atom is 0.123 e. The molecule has 1 atom stereocenters. The highest BCUT2D eigenvalue weighted by atomic mass is 19.1. The average molecular weight is 210 g/mol. The Hall–Kier alpha value is -0.930. The topological polar surface area (TPSA) is 38.0 Å². The van der Waals surface area contributed by atoms with Gasteiger partial charge in [0.1, 0.15) is 5.82 Å². The molecular weight excluding hydrogens is 191 g/mol. The summed E-state index contributed by atoms with van der Waals surface area (Å²) < 4.78 is 12.9. The zero-order chi connectivity index (χ0) is 11.3. The third-order valence-electron chi connectivity index (χ3n) is 2.36. The van der Waals surface area contributed by atoms with Crippen molar-refractivity contribution in [1.82, 2.24) is 5.43 Å². The van der Waals surface area contributed by atoms with E-state index in [0.717, 1.165) is 18.4 Å². The number of hydrogen-bond acceptors (Lipinski definition) is 2. The molecule has 0 bridgehead atoms. The van der Waals surface area contributed by atoms with Crippen molar-refractivity contribution >= 4 is 0 Å². The minimum Gasteiger partial charge on any atom is -0.271 e. The van der Waals surface area contributed by atoms with Crippen molar-refractivity contribution in [3.8, 4) is 0 Å². The Morgan fingerprint density at radius 1 is 1.40 bits per heavy atom. The van der Waals surface area contributed by atoms with Crippen LogP contribution in [0.15, 0.2) is 24.3 Å². The molecule has 84 valence electrons. The van der Waals surface area contributed by atoms with Gasteiger partial charge in [0.15, 0.2) is 0 Å². The van der Waals surface area contributed by atoms with Gasteiger partial charge in [0.25, 0.3) is 0 Å². The van der Waals surface area contributed by atoms with E-state index >= 15 is 0 Å². The van der Waals surface area contributed by atoms with Gasteiger partial charge in [-0.1, -0.05) is 26.0 Å². The molecule has 1 rings (SSSR count). The monoisotopic (exact) mass is 210 g/mol. The summed E-state index contributed by atoms with van der Waals surface area (Å²) in [5, 5.41) is 0. The molecule has 1 aromatic rings. The molecule has 0 heterocycles. The van der Waals surface area contributed by atoms with E-state index in [1.165, 1.54) is 6.07 Å². The highest BCUT2D eigenvalue weighted by Gasteiger charge is 2.09. The van der Waals surface area contributed by atoms with E-state index in [-0.39, 0.29) is 11.9 Å². The molecule has 0 aliphatic rings. The van der Waals surface area contributed by atoms with Gasteiger partial charge in [-0.05, 0) is 36.5 Å². The van der Waals surface area contributed by atoms with Crippen LogP contribution in [-0.4, -0.2) is 6.04 Å². The quantitative estimate of drug-likeness (QED) is 0.578. The number of rotatable bonds is 5. The molecule has 3 N–H and O–H groups in total. The van der Waals surface area contributed by atoms with Gasteiger partial charge in [-0.2, -0.15) is 0 Å². The highest BCUT2D eigenvalue weighted by Crippen LogP contribution is 2.11. The van der Waals surface area contributed by atoms with Crippen LogP contribution >= 0.6 is 0 Å². The Morgan fingerprint density at radius 2 is 2.13 bits per heavy atom. The van der Waals surface area contributed by atoms with Gasteiger partial charge >= 0.3 is 0 Å². The van der Waals surface area contributed by atoms with E-state index in [1.54, 1.807) is 12.1 Å². The van der Waals surface area contributed by atoms with Gasteiger partial charge < -0.3 is 0 Å². The number of hydrazine groups is 1. The zero-order valence-electron chi connectivity index (χ0n) is 9.33. The fraction of sp³-hybridized carbons (Fsp3) is 0.500. The second-order valence-electron chi connectivity index (χ2n) is 4.33. The molecule has 0 amide bonds. The first-order valence-electron chi connectivity index (χ1n) is 5.32. The van der Waals surface area contributed by atoms with Crippen LogP contribution in [-0.2, 0) is 6.42 Å². The summed E-state index contributed by atoms with van der Waals surface area (Å²) in [5.41, 5.74) is 3.76. The molecule has 1 aromatic carbocycles. The lowest BCUT2D eigenvalue weighted by atomic mass is 9.98. The van der Waals surface area contributed by atoms with Crippen LogP contribution in [0, 0.1) is 11.7 Å². The fourth-order valence-electron chi connectivity index (χ4n) is 1.73. The Bertz CT molecular complexity index is 299. The van der Waals surface area contributed by atoms with Gasteiger partial charge in [-0.15, -0.1) is 0 Å². The van der Waals surface area contributed by atoms with Crippen molar-refractivity contribution in [1.29, 1.82) is 0 Å². The second-order valence-corrected chi connectivity index (χ2v) is 4.33. The molecule has 0 saturated heterocycles. The molecule has 1 unspecified atom stereocenters. The summed E-state index contributed by atoms with van der Waals surface area (Å²) >= 11 is 0. The van der Waals surface area contributed by atoms with Crippen LogP contribution in [0.4, 0.5) is 4.39 Å². The van der Waals surface area contributed by atoms with Crippen LogP contribution in [0.5, 0.6) is 0 Å². The van der Waals surface area contributed by atoms with Crippen molar-refractivity contribution in [3.05, 3.63) is 35.6 Å². The average Bonchev–Trinajstić information content (AvgIpc) is 2.16. The molecule has 15 heavy (non-hydrogen) atoms. The first-order valence-corrected chi connectivity index (χ1v) is 5.32. The summed E-state index contributed by atoms with van der Waals surface area (Å²) in [6.45, 7) is 4.30. The van der Waals surface area contributed by atoms with E-state index in [2.05, 4.69) is 19.3 Å². The largest absolute Gasteiger partial charge is 0.271 e. The van der Waals surface area contributed by atoms with Crippen LogP contribution in [0.2, 0.25) is 0 Å². The Kier molecular flexibility index (Phi) is 4.72. The second kappa shape index (κ2) is 5.83. The van der Waals surface area contributed by atoms with E-state index < -0.39 is 0 Å². The molecule has 0 saturated carbocycles. The summed E-state index contributed by atoms with van der Waals surface area (Å²) in [5.74, 6) is 5.86. The minimum atomic E-state index is -0.187. The molecule has 0 aliphatic carbocycles. The highest BCUT2D eigenvalue weighted by molar-refractivity contribution is 5.17. The maximum atomic E-state index is 12.9. The normalized spacial score (nSPS) is 13.1. The maximum absolute atomic E-state index is 12.9. The molecule has 0 fully saturated rings. The van der Waals surface area contributed by atoms with Crippen molar-refractivity contribution in [2.45, 2.75) is 32.7 Å². The Morgan fingerprint density at radius 3 is 2.67 bits per heavy atom. The molecule has 3 heteroatoms.